The van der Waals surface area contributed by atoms with E-state index >= 15 is 0 Å². The van der Waals surface area contributed by atoms with E-state index in [-0.39, 0.29) is 34.6 Å². The zero-order valence-electron chi connectivity index (χ0n) is 22.5. The van der Waals surface area contributed by atoms with Crippen LogP contribution in [0.3, 0.4) is 0 Å². The van der Waals surface area contributed by atoms with Crippen molar-refractivity contribution in [1.29, 1.82) is 0 Å². The van der Waals surface area contributed by atoms with Crippen molar-refractivity contribution in [2.24, 2.45) is 0 Å². The number of nitro benzene ring substituents is 1. The average Bonchev–Trinajstić information content (AvgIpc) is 3.01. The van der Waals surface area contributed by atoms with Gasteiger partial charge in [0.2, 0.25) is 0 Å². The Bertz CT molecular complexity index is 1860. The number of pyridine rings is 1. The molecule has 11 heteroatoms. The van der Waals surface area contributed by atoms with Gasteiger partial charge in [0.25, 0.3) is 5.69 Å². The highest BCUT2D eigenvalue weighted by Gasteiger charge is 2.22. The summed E-state index contributed by atoms with van der Waals surface area (Å²) >= 11 is 10.3. The van der Waals surface area contributed by atoms with E-state index in [2.05, 4.69) is 20.9 Å². The number of nitro groups is 1. The van der Waals surface area contributed by atoms with Gasteiger partial charge in [-0.2, -0.15) is 0 Å². The lowest BCUT2D eigenvalue weighted by molar-refractivity contribution is -0.384. The van der Waals surface area contributed by atoms with E-state index in [1.165, 1.54) is 18.2 Å². The maximum absolute atomic E-state index is 13.3. The second kappa shape index (κ2) is 13.4. The first-order valence-corrected chi connectivity index (χ1v) is 15.8. The van der Waals surface area contributed by atoms with Gasteiger partial charge >= 0.3 is 0 Å². The van der Waals surface area contributed by atoms with Crippen LogP contribution in [-0.4, -0.2) is 18.3 Å². The van der Waals surface area contributed by atoms with Gasteiger partial charge in [-0.15, -0.1) is 0 Å². The lowest BCUT2D eigenvalue weighted by atomic mass is 10.0. The first kappa shape index (κ1) is 30.2. The van der Waals surface area contributed by atoms with Crippen LogP contribution in [0.25, 0.3) is 11.1 Å². The molecule has 0 aliphatic heterocycles. The van der Waals surface area contributed by atoms with E-state index in [9.17, 15) is 18.5 Å². The van der Waals surface area contributed by atoms with Crippen LogP contribution in [0, 0.1) is 10.1 Å². The van der Waals surface area contributed by atoms with Crippen LogP contribution in [0.1, 0.15) is 16.7 Å². The number of rotatable bonds is 11. The van der Waals surface area contributed by atoms with E-state index in [4.69, 9.17) is 21.1 Å². The molecule has 0 fully saturated rings. The molecule has 0 atom stereocenters. The molecule has 0 amide bonds. The molecule has 0 radical (unpaired) electrons. The van der Waals surface area contributed by atoms with Crippen LogP contribution in [0.4, 0.5) is 5.69 Å². The van der Waals surface area contributed by atoms with Gasteiger partial charge in [0.05, 0.1) is 20.6 Å². The predicted molar refractivity (Wildman–Crippen MR) is 168 cm³/mol. The second-order valence-electron chi connectivity index (χ2n) is 9.48. The van der Waals surface area contributed by atoms with Gasteiger partial charge in [-0.05, 0) is 51.3 Å². The monoisotopic (exact) mass is 678 g/mol. The number of sulfone groups is 1. The molecule has 5 aromatic rings. The topological polar surface area (TPSA) is 109 Å². The van der Waals surface area contributed by atoms with Crippen molar-refractivity contribution in [3.05, 3.63) is 146 Å². The van der Waals surface area contributed by atoms with Crippen molar-refractivity contribution < 1.29 is 22.8 Å². The van der Waals surface area contributed by atoms with Crippen LogP contribution in [0.2, 0.25) is 5.02 Å². The number of non-ortho nitro benzene ring substituents is 1. The van der Waals surface area contributed by atoms with Crippen LogP contribution in [0.15, 0.2) is 119 Å². The van der Waals surface area contributed by atoms with Crippen LogP contribution in [-0.2, 0) is 28.8 Å². The number of aromatic nitrogens is 1. The fourth-order valence-electron chi connectivity index (χ4n) is 4.33. The van der Waals surface area contributed by atoms with Crippen LogP contribution in [0.5, 0.6) is 11.5 Å². The number of halogens is 2. The summed E-state index contributed by atoms with van der Waals surface area (Å²) < 4.78 is 39.6. The SMILES string of the molecule is O=[N+]([O-])c1ccc(S(=O)(=O)Cc2cc(Cl)c(OCc3cccc(-c4ccccc4)c3Br)cc2OCc2cccnc2)cc1. The molecule has 0 aliphatic rings. The highest BCUT2D eigenvalue weighted by molar-refractivity contribution is 9.10. The van der Waals surface area contributed by atoms with E-state index in [1.54, 1.807) is 24.5 Å². The smallest absolute Gasteiger partial charge is 0.269 e. The Balaban J connectivity index is 1.43. The molecule has 0 N–H and O–H groups in total. The molecule has 0 spiro atoms. The van der Waals surface area contributed by atoms with E-state index in [0.717, 1.165) is 38.9 Å². The minimum atomic E-state index is -3.90. The quantitative estimate of drug-likeness (QED) is 0.102. The van der Waals surface area contributed by atoms with Crippen molar-refractivity contribution in [1.82, 2.24) is 4.98 Å². The Morgan fingerprint density at radius 1 is 0.837 bits per heavy atom. The van der Waals surface area contributed by atoms with E-state index in [1.807, 2.05) is 54.6 Å². The molecule has 0 saturated carbocycles. The normalized spacial score (nSPS) is 11.2. The summed E-state index contributed by atoms with van der Waals surface area (Å²) in [5.74, 6) is 0.139. The zero-order valence-corrected chi connectivity index (χ0v) is 25.7. The van der Waals surface area contributed by atoms with Gasteiger partial charge in [0, 0.05) is 51.8 Å². The third-order valence-electron chi connectivity index (χ3n) is 6.53. The molecule has 0 bridgehead atoms. The summed E-state index contributed by atoms with van der Waals surface area (Å²) in [6, 6.07) is 27.3. The van der Waals surface area contributed by atoms with Gasteiger partial charge in [-0.3, -0.25) is 15.1 Å². The third kappa shape index (κ3) is 7.40. The predicted octanol–water partition coefficient (Wildman–Crippen LogP) is 8.20. The number of hydrogen-bond acceptors (Lipinski definition) is 7. The molecule has 218 valence electrons. The lowest BCUT2D eigenvalue weighted by Crippen LogP contribution is -2.08. The van der Waals surface area contributed by atoms with Crippen molar-refractivity contribution in [2.75, 3.05) is 0 Å². The largest absolute Gasteiger partial charge is 0.488 e. The first-order chi connectivity index (χ1) is 20.7. The third-order valence-corrected chi connectivity index (χ3v) is 9.44. The summed E-state index contributed by atoms with van der Waals surface area (Å²) in [6.45, 7) is 0.313. The van der Waals surface area contributed by atoms with Crippen molar-refractivity contribution in [2.45, 2.75) is 23.9 Å². The Morgan fingerprint density at radius 2 is 1.58 bits per heavy atom. The summed E-state index contributed by atoms with van der Waals surface area (Å²) in [5.41, 5.74) is 3.85. The Hall–Kier alpha value is -4.25. The highest BCUT2D eigenvalue weighted by Crippen LogP contribution is 2.37. The van der Waals surface area contributed by atoms with Gasteiger partial charge in [-0.25, -0.2) is 8.42 Å². The minimum absolute atomic E-state index is 0.0593. The standard InChI is InChI=1S/C32H24BrClN2O6S/c33-32-24(9-4-10-28(32)23-7-2-1-3-8-23)20-42-31-17-30(41-19-22-6-5-15-35-18-22)25(16-29(31)34)21-43(39,40)27-13-11-26(12-14-27)36(37)38/h1-18H,19-21H2. The molecule has 8 nitrogen and oxygen atoms in total. The van der Waals surface area contributed by atoms with Gasteiger partial charge in [0.1, 0.15) is 24.7 Å². The lowest BCUT2D eigenvalue weighted by Gasteiger charge is -2.17. The summed E-state index contributed by atoms with van der Waals surface area (Å²) in [4.78, 5) is 14.5. The number of ether oxygens (including phenoxy) is 2. The van der Waals surface area contributed by atoms with Crippen molar-refractivity contribution >= 4 is 43.1 Å². The van der Waals surface area contributed by atoms with Crippen molar-refractivity contribution in [3.8, 4) is 22.6 Å². The van der Waals surface area contributed by atoms with E-state index in [0.29, 0.717) is 11.3 Å². The summed E-state index contributed by atoms with van der Waals surface area (Å²) in [5, 5.41) is 11.2. The maximum atomic E-state index is 13.3. The Kier molecular flexibility index (Phi) is 9.40. The molecule has 1 heterocycles. The van der Waals surface area contributed by atoms with Gasteiger partial charge in [-0.1, -0.05) is 66.2 Å². The Morgan fingerprint density at radius 3 is 2.28 bits per heavy atom. The zero-order chi connectivity index (χ0) is 30.4. The average molecular weight is 680 g/mol. The van der Waals surface area contributed by atoms with E-state index < -0.39 is 20.5 Å². The molecule has 1 aromatic heterocycles. The fraction of sp³-hybridized carbons (Fsp3) is 0.0938. The number of benzene rings is 4. The molecule has 43 heavy (non-hydrogen) atoms. The van der Waals surface area contributed by atoms with Gasteiger partial charge < -0.3 is 9.47 Å². The molecular formula is C32H24BrClN2O6S. The second-order valence-corrected chi connectivity index (χ2v) is 12.7. The van der Waals surface area contributed by atoms with Crippen LogP contribution >= 0.6 is 27.5 Å². The molecular weight excluding hydrogens is 656 g/mol. The summed E-state index contributed by atoms with van der Waals surface area (Å²) in [7, 11) is -3.90. The number of nitrogens with zero attached hydrogens (tertiary/aromatic N) is 2. The van der Waals surface area contributed by atoms with Crippen LogP contribution < -0.4 is 9.47 Å². The molecule has 5 rings (SSSR count). The molecule has 0 unspecified atom stereocenters. The number of hydrogen-bond donors (Lipinski definition) is 0. The maximum Gasteiger partial charge on any atom is 0.269 e. The molecule has 4 aromatic carbocycles. The summed E-state index contributed by atoms with van der Waals surface area (Å²) in [6.07, 6.45) is 3.29. The fourth-order valence-corrected chi connectivity index (χ4v) is 6.53. The molecule has 0 saturated heterocycles. The molecule has 0 aliphatic carbocycles. The Labute approximate surface area is 262 Å². The minimum Gasteiger partial charge on any atom is -0.488 e. The first-order valence-electron chi connectivity index (χ1n) is 13.0. The van der Waals surface area contributed by atoms with Gasteiger partial charge in [0.15, 0.2) is 9.84 Å². The van der Waals surface area contributed by atoms with Crippen molar-refractivity contribution in [3.63, 3.8) is 0 Å². The highest BCUT2D eigenvalue weighted by atomic mass is 79.9.